The minimum Gasteiger partial charge on any atom is -0.480 e. The van der Waals surface area contributed by atoms with Crippen molar-refractivity contribution in [1.82, 2.24) is 10.2 Å². The van der Waals surface area contributed by atoms with Gasteiger partial charge < -0.3 is 15.3 Å². The molecule has 0 spiro atoms. The first-order valence-electron chi connectivity index (χ1n) is 7.18. The quantitative estimate of drug-likeness (QED) is 0.810. The first-order valence-corrected chi connectivity index (χ1v) is 7.18. The maximum absolute atomic E-state index is 12.0. The number of carboxylic acid groups (broad SMARTS) is 1. The number of hydrogen-bond acceptors (Lipinski definition) is 2. The summed E-state index contributed by atoms with van der Waals surface area (Å²) in [5.41, 5.74) is 0.884. The third-order valence-corrected chi connectivity index (χ3v) is 3.27. The Labute approximate surface area is 126 Å². The summed E-state index contributed by atoms with van der Waals surface area (Å²) in [4.78, 5) is 24.8. The van der Waals surface area contributed by atoms with Crippen molar-refractivity contribution in [3.63, 3.8) is 0 Å². The predicted molar refractivity (Wildman–Crippen MR) is 82.2 cm³/mol. The van der Waals surface area contributed by atoms with Crippen LogP contribution in [0.1, 0.15) is 25.8 Å². The van der Waals surface area contributed by atoms with Crippen LogP contribution in [0.5, 0.6) is 0 Å². The van der Waals surface area contributed by atoms with Gasteiger partial charge >= 0.3 is 12.0 Å². The minimum atomic E-state index is -1.02. The van der Waals surface area contributed by atoms with E-state index in [0.29, 0.717) is 12.5 Å². The highest BCUT2D eigenvalue weighted by Crippen LogP contribution is 2.05. The van der Waals surface area contributed by atoms with Crippen LogP contribution in [-0.2, 0) is 11.2 Å². The number of urea groups is 1. The normalized spacial score (nSPS) is 12.0. The summed E-state index contributed by atoms with van der Waals surface area (Å²) in [6.07, 6.45) is 1.17. The van der Waals surface area contributed by atoms with Gasteiger partial charge in [-0.1, -0.05) is 44.2 Å². The van der Waals surface area contributed by atoms with Gasteiger partial charge in [-0.3, -0.25) is 0 Å². The highest BCUT2D eigenvalue weighted by Gasteiger charge is 2.22. The van der Waals surface area contributed by atoms with Crippen molar-refractivity contribution >= 4 is 12.0 Å². The van der Waals surface area contributed by atoms with Crippen molar-refractivity contribution < 1.29 is 14.7 Å². The van der Waals surface area contributed by atoms with Gasteiger partial charge in [-0.05, 0) is 17.9 Å². The van der Waals surface area contributed by atoms with Crippen molar-refractivity contribution in [2.45, 2.75) is 32.7 Å². The zero-order valence-electron chi connectivity index (χ0n) is 12.9. The molecule has 0 unspecified atom stereocenters. The highest BCUT2D eigenvalue weighted by molar-refractivity contribution is 5.82. The molecule has 0 bridgehead atoms. The fraction of sp³-hybridized carbons (Fsp3) is 0.500. The fourth-order valence-corrected chi connectivity index (χ4v) is 1.86. The van der Waals surface area contributed by atoms with Crippen LogP contribution in [0.25, 0.3) is 0 Å². The third kappa shape index (κ3) is 6.29. The molecule has 1 aromatic carbocycles. The molecule has 0 aliphatic heterocycles. The molecule has 0 aliphatic rings. The number of amides is 2. The maximum atomic E-state index is 12.0. The average Bonchev–Trinajstić information content (AvgIpc) is 2.44. The SMILES string of the molecule is CC(C)CCN(C)C(=O)N[C@@H](Cc1ccccc1)C(=O)O. The molecular weight excluding hydrogens is 268 g/mol. The lowest BCUT2D eigenvalue weighted by molar-refractivity contribution is -0.139. The van der Waals surface area contributed by atoms with Crippen molar-refractivity contribution in [1.29, 1.82) is 0 Å². The maximum Gasteiger partial charge on any atom is 0.326 e. The van der Waals surface area contributed by atoms with Crippen LogP contribution < -0.4 is 5.32 Å². The molecule has 0 saturated carbocycles. The largest absolute Gasteiger partial charge is 0.480 e. The van der Waals surface area contributed by atoms with Crippen LogP contribution in [0.2, 0.25) is 0 Å². The molecular formula is C16H24N2O3. The van der Waals surface area contributed by atoms with Crippen LogP contribution in [0.15, 0.2) is 30.3 Å². The molecule has 0 radical (unpaired) electrons. The molecule has 1 rings (SSSR count). The molecule has 0 saturated heterocycles. The molecule has 0 fully saturated rings. The number of benzene rings is 1. The molecule has 21 heavy (non-hydrogen) atoms. The van der Waals surface area contributed by atoms with Gasteiger partial charge in [0.2, 0.25) is 0 Å². The van der Waals surface area contributed by atoms with Crippen LogP contribution >= 0.6 is 0 Å². The minimum absolute atomic E-state index is 0.278. The monoisotopic (exact) mass is 292 g/mol. The molecule has 1 aromatic rings. The van der Waals surface area contributed by atoms with Crippen LogP contribution in [0.3, 0.4) is 0 Å². The summed E-state index contributed by atoms with van der Waals surface area (Å²) in [6.45, 7) is 4.78. The second kappa shape index (κ2) is 8.29. The Morgan fingerprint density at radius 1 is 1.24 bits per heavy atom. The standard InChI is InChI=1S/C16H24N2O3/c1-12(2)9-10-18(3)16(21)17-14(15(19)20)11-13-7-5-4-6-8-13/h4-8,12,14H,9-11H2,1-3H3,(H,17,21)(H,19,20)/t14-/m0/s1. The summed E-state index contributed by atoms with van der Waals surface area (Å²) in [6, 6.07) is 8.02. The number of carboxylic acids is 1. The van der Waals surface area contributed by atoms with Gasteiger partial charge in [0.15, 0.2) is 0 Å². The molecule has 0 aromatic heterocycles. The second-order valence-electron chi connectivity index (χ2n) is 5.63. The summed E-state index contributed by atoms with van der Waals surface area (Å²) >= 11 is 0. The van der Waals surface area contributed by atoms with E-state index in [9.17, 15) is 14.7 Å². The van der Waals surface area contributed by atoms with E-state index >= 15 is 0 Å². The molecule has 5 nitrogen and oxygen atoms in total. The Hall–Kier alpha value is -2.04. The first kappa shape index (κ1) is 17.0. The molecule has 5 heteroatoms. The predicted octanol–water partition coefficient (Wildman–Crippen LogP) is 2.37. The van der Waals surface area contributed by atoms with E-state index in [0.717, 1.165) is 12.0 Å². The van der Waals surface area contributed by atoms with E-state index in [-0.39, 0.29) is 12.5 Å². The number of carbonyl (C=O) groups is 2. The molecule has 2 amide bonds. The molecule has 2 N–H and O–H groups in total. The topological polar surface area (TPSA) is 69.6 Å². The average molecular weight is 292 g/mol. The lowest BCUT2D eigenvalue weighted by Crippen LogP contribution is -2.48. The second-order valence-corrected chi connectivity index (χ2v) is 5.63. The molecule has 116 valence electrons. The van der Waals surface area contributed by atoms with E-state index < -0.39 is 12.0 Å². The van der Waals surface area contributed by atoms with Crippen molar-refractivity contribution in [2.24, 2.45) is 5.92 Å². The van der Waals surface area contributed by atoms with Gasteiger partial charge in [0.05, 0.1) is 0 Å². The van der Waals surface area contributed by atoms with Gasteiger partial charge in [-0.25, -0.2) is 9.59 Å². The third-order valence-electron chi connectivity index (χ3n) is 3.27. The molecule has 0 aliphatic carbocycles. The summed E-state index contributed by atoms with van der Waals surface area (Å²) in [5.74, 6) is -0.524. The van der Waals surface area contributed by atoms with Crippen molar-refractivity contribution in [3.8, 4) is 0 Å². The fourth-order valence-electron chi connectivity index (χ4n) is 1.86. The smallest absolute Gasteiger partial charge is 0.326 e. The Kier molecular flexibility index (Phi) is 6.72. The van der Waals surface area contributed by atoms with Crippen LogP contribution in [-0.4, -0.2) is 41.6 Å². The van der Waals surface area contributed by atoms with Gasteiger partial charge in [0, 0.05) is 20.0 Å². The Bertz CT molecular complexity index is 460. The van der Waals surface area contributed by atoms with Crippen LogP contribution in [0.4, 0.5) is 4.79 Å². The Balaban J connectivity index is 2.58. The number of nitrogens with zero attached hydrogens (tertiary/aromatic N) is 1. The van der Waals surface area contributed by atoms with E-state index in [1.54, 1.807) is 7.05 Å². The number of hydrogen-bond donors (Lipinski definition) is 2. The number of nitrogens with one attached hydrogen (secondary N) is 1. The van der Waals surface area contributed by atoms with Crippen molar-refractivity contribution in [2.75, 3.05) is 13.6 Å². The van der Waals surface area contributed by atoms with Crippen molar-refractivity contribution in [3.05, 3.63) is 35.9 Å². The molecule has 1 atom stereocenters. The van der Waals surface area contributed by atoms with E-state index in [1.807, 2.05) is 30.3 Å². The molecule has 0 heterocycles. The van der Waals surface area contributed by atoms with E-state index in [2.05, 4.69) is 19.2 Å². The van der Waals surface area contributed by atoms with Gasteiger partial charge in [0.1, 0.15) is 6.04 Å². The Morgan fingerprint density at radius 2 is 1.86 bits per heavy atom. The number of aliphatic carboxylic acids is 1. The van der Waals surface area contributed by atoms with E-state index in [4.69, 9.17) is 0 Å². The zero-order valence-corrected chi connectivity index (χ0v) is 12.9. The van der Waals surface area contributed by atoms with Crippen LogP contribution in [0, 0.1) is 5.92 Å². The highest BCUT2D eigenvalue weighted by atomic mass is 16.4. The Morgan fingerprint density at radius 3 is 2.38 bits per heavy atom. The van der Waals surface area contributed by atoms with Gasteiger partial charge in [-0.15, -0.1) is 0 Å². The number of carbonyl (C=O) groups excluding carboxylic acids is 1. The lowest BCUT2D eigenvalue weighted by Gasteiger charge is -2.22. The summed E-state index contributed by atoms with van der Waals surface area (Å²) in [7, 11) is 1.68. The van der Waals surface area contributed by atoms with Gasteiger partial charge in [-0.2, -0.15) is 0 Å². The zero-order chi connectivity index (χ0) is 15.8. The van der Waals surface area contributed by atoms with Gasteiger partial charge in [0.25, 0.3) is 0 Å². The summed E-state index contributed by atoms with van der Waals surface area (Å²) < 4.78 is 0. The lowest BCUT2D eigenvalue weighted by atomic mass is 10.1. The summed E-state index contributed by atoms with van der Waals surface area (Å²) in [5, 5.41) is 11.8. The van der Waals surface area contributed by atoms with E-state index in [1.165, 1.54) is 4.90 Å². The number of rotatable bonds is 7. The first-order chi connectivity index (χ1) is 9.90.